The Morgan fingerprint density at radius 2 is 2.00 bits per heavy atom. The smallest absolute Gasteiger partial charge is 0.140 e. The van der Waals surface area contributed by atoms with Gasteiger partial charge in [0.25, 0.3) is 0 Å². The highest BCUT2D eigenvalue weighted by molar-refractivity contribution is 7.97. The first kappa shape index (κ1) is 11.7. The van der Waals surface area contributed by atoms with Gasteiger partial charge in [0.15, 0.2) is 0 Å². The Balaban J connectivity index is 2.38. The van der Waals surface area contributed by atoms with Gasteiger partial charge in [-0.1, -0.05) is 6.42 Å². The third-order valence-electron chi connectivity index (χ3n) is 2.99. The molecule has 1 aliphatic rings. The zero-order valence-electron chi connectivity index (χ0n) is 10.0. The van der Waals surface area contributed by atoms with Gasteiger partial charge in [0.2, 0.25) is 0 Å². The zero-order valence-corrected chi connectivity index (χ0v) is 10.9. The normalized spacial score (nSPS) is 15.4. The highest BCUT2D eigenvalue weighted by Crippen LogP contribution is 2.25. The van der Waals surface area contributed by atoms with E-state index in [9.17, 15) is 0 Å². The maximum atomic E-state index is 4.70. The molecule has 0 atom stereocenters. The average molecular weight is 237 g/mol. The Bertz CT molecular complexity index is 366. The van der Waals surface area contributed by atoms with E-state index < -0.39 is 0 Å². The first-order chi connectivity index (χ1) is 7.85. The van der Waals surface area contributed by atoms with E-state index in [0.29, 0.717) is 0 Å². The molecular weight excluding hydrogens is 218 g/mol. The summed E-state index contributed by atoms with van der Waals surface area (Å²) in [6.45, 7) is 0. The van der Waals surface area contributed by atoms with Crippen LogP contribution in [0.25, 0.3) is 0 Å². The summed E-state index contributed by atoms with van der Waals surface area (Å²) in [7, 11) is 1.95. The van der Waals surface area contributed by atoms with Crippen molar-refractivity contribution in [2.24, 2.45) is 0 Å². The van der Waals surface area contributed by atoms with E-state index in [1.54, 1.807) is 11.8 Å². The second kappa shape index (κ2) is 5.53. The number of aryl methyl sites for hydroxylation is 1. The lowest BCUT2D eigenvalue weighted by molar-refractivity contribution is 0.708. The summed E-state index contributed by atoms with van der Waals surface area (Å²) in [4.78, 5) is 9.29. The standard InChI is InChI=1S/C12H19N3S/c1-13-12-9-6-4-3-5-7-10(9)14-11(15-12)8-16-2/h3-8H2,1-2H3,(H,13,14,15). The Morgan fingerprint density at radius 1 is 1.19 bits per heavy atom. The van der Waals surface area contributed by atoms with Crippen LogP contribution in [0.1, 0.15) is 36.3 Å². The topological polar surface area (TPSA) is 37.8 Å². The molecule has 0 amide bonds. The molecule has 1 aromatic rings. The summed E-state index contributed by atoms with van der Waals surface area (Å²) in [5.41, 5.74) is 2.63. The monoisotopic (exact) mass is 237 g/mol. The Labute approximate surface area is 101 Å². The summed E-state index contributed by atoms with van der Waals surface area (Å²) in [5.74, 6) is 2.93. The lowest BCUT2D eigenvalue weighted by atomic mass is 10.1. The molecule has 4 heteroatoms. The SMILES string of the molecule is CNc1nc(CSC)nc2c1CCCCC2. The minimum absolute atomic E-state index is 0.905. The molecule has 0 bridgehead atoms. The largest absolute Gasteiger partial charge is 0.373 e. The van der Waals surface area contributed by atoms with Crippen molar-refractivity contribution < 1.29 is 0 Å². The van der Waals surface area contributed by atoms with Crippen molar-refractivity contribution >= 4 is 17.6 Å². The molecule has 1 heterocycles. The van der Waals surface area contributed by atoms with Crippen molar-refractivity contribution in [1.29, 1.82) is 0 Å². The molecule has 0 aromatic carbocycles. The fourth-order valence-electron chi connectivity index (χ4n) is 2.22. The van der Waals surface area contributed by atoms with Gasteiger partial charge in [0.05, 0.1) is 5.75 Å². The molecule has 0 saturated heterocycles. The van der Waals surface area contributed by atoms with Crippen LogP contribution < -0.4 is 5.32 Å². The number of hydrogen-bond acceptors (Lipinski definition) is 4. The van der Waals surface area contributed by atoms with E-state index in [0.717, 1.165) is 30.2 Å². The summed E-state index contributed by atoms with van der Waals surface area (Å²) in [6, 6.07) is 0. The molecule has 3 nitrogen and oxygen atoms in total. The van der Waals surface area contributed by atoms with Crippen LogP contribution >= 0.6 is 11.8 Å². The second-order valence-electron chi connectivity index (χ2n) is 4.16. The molecule has 88 valence electrons. The van der Waals surface area contributed by atoms with E-state index in [-0.39, 0.29) is 0 Å². The summed E-state index contributed by atoms with van der Waals surface area (Å²) in [5, 5.41) is 3.22. The first-order valence-corrected chi connectivity index (χ1v) is 7.30. The van der Waals surface area contributed by atoms with Gasteiger partial charge in [0, 0.05) is 18.3 Å². The Morgan fingerprint density at radius 3 is 2.75 bits per heavy atom. The van der Waals surface area contributed by atoms with Crippen molar-refractivity contribution in [3.63, 3.8) is 0 Å². The van der Waals surface area contributed by atoms with Gasteiger partial charge >= 0.3 is 0 Å². The molecule has 16 heavy (non-hydrogen) atoms. The summed E-state index contributed by atoms with van der Waals surface area (Å²) in [6.07, 6.45) is 8.20. The van der Waals surface area contributed by atoms with Crippen LogP contribution in [0.3, 0.4) is 0 Å². The second-order valence-corrected chi connectivity index (χ2v) is 5.02. The van der Waals surface area contributed by atoms with Crippen LogP contribution in [0.15, 0.2) is 0 Å². The van der Waals surface area contributed by atoms with Crippen LogP contribution in [-0.4, -0.2) is 23.3 Å². The van der Waals surface area contributed by atoms with Crippen molar-refractivity contribution in [2.45, 2.75) is 37.9 Å². The number of rotatable bonds is 3. The highest BCUT2D eigenvalue weighted by Gasteiger charge is 2.15. The molecule has 0 saturated carbocycles. The van der Waals surface area contributed by atoms with Crippen molar-refractivity contribution in [2.75, 3.05) is 18.6 Å². The highest BCUT2D eigenvalue weighted by atomic mass is 32.2. The number of thioether (sulfide) groups is 1. The Kier molecular flexibility index (Phi) is 4.04. The van der Waals surface area contributed by atoms with Gasteiger partial charge in [-0.15, -0.1) is 0 Å². The van der Waals surface area contributed by atoms with Crippen molar-refractivity contribution in [3.8, 4) is 0 Å². The van der Waals surface area contributed by atoms with Gasteiger partial charge in [-0.3, -0.25) is 0 Å². The third kappa shape index (κ3) is 2.48. The van der Waals surface area contributed by atoms with E-state index in [2.05, 4.69) is 16.6 Å². The van der Waals surface area contributed by atoms with Gasteiger partial charge in [0.1, 0.15) is 11.6 Å². The number of nitrogens with zero attached hydrogens (tertiary/aromatic N) is 2. The number of aromatic nitrogens is 2. The molecule has 1 aromatic heterocycles. The summed E-state index contributed by atoms with van der Waals surface area (Å²) < 4.78 is 0. The van der Waals surface area contributed by atoms with Crippen LogP contribution in [0.2, 0.25) is 0 Å². The molecular formula is C12H19N3S. The van der Waals surface area contributed by atoms with Crippen LogP contribution in [0.5, 0.6) is 0 Å². The molecule has 0 aliphatic heterocycles. The molecule has 0 spiro atoms. The van der Waals surface area contributed by atoms with Gasteiger partial charge in [-0.25, -0.2) is 9.97 Å². The van der Waals surface area contributed by atoms with Crippen LogP contribution in [0.4, 0.5) is 5.82 Å². The fraction of sp³-hybridized carbons (Fsp3) is 0.667. The van der Waals surface area contributed by atoms with Gasteiger partial charge in [-0.05, 0) is 31.9 Å². The first-order valence-electron chi connectivity index (χ1n) is 5.90. The maximum absolute atomic E-state index is 4.70. The fourth-order valence-corrected chi connectivity index (χ4v) is 2.61. The maximum Gasteiger partial charge on any atom is 0.140 e. The predicted octanol–water partition coefficient (Wildman–Crippen LogP) is 2.65. The molecule has 2 rings (SSSR count). The van der Waals surface area contributed by atoms with E-state index in [1.807, 2.05) is 7.05 Å². The third-order valence-corrected chi connectivity index (χ3v) is 3.54. The number of hydrogen-bond donors (Lipinski definition) is 1. The molecule has 0 radical (unpaired) electrons. The van der Waals surface area contributed by atoms with Crippen LogP contribution in [0, 0.1) is 0 Å². The molecule has 1 N–H and O–H groups in total. The van der Waals surface area contributed by atoms with E-state index in [1.165, 1.54) is 30.5 Å². The number of nitrogens with one attached hydrogen (secondary N) is 1. The lowest BCUT2D eigenvalue weighted by Gasteiger charge is -2.12. The van der Waals surface area contributed by atoms with E-state index in [4.69, 9.17) is 4.98 Å². The lowest BCUT2D eigenvalue weighted by Crippen LogP contribution is -2.08. The average Bonchev–Trinajstić information content (AvgIpc) is 2.53. The number of anilines is 1. The predicted molar refractivity (Wildman–Crippen MR) is 70.1 cm³/mol. The Hall–Kier alpha value is -0.770. The quantitative estimate of drug-likeness (QED) is 0.820. The van der Waals surface area contributed by atoms with Gasteiger partial charge in [-0.2, -0.15) is 11.8 Å². The van der Waals surface area contributed by atoms with E-state index >= 15 is 0 Å². The van der Waals surface area contributed by atoms with Crippen molar-refractivity contribution in [1.82, 2.24) is 9.97 Å². The molecule has 0 unspecified atom stereocenters. The number of fused-ring (bicyclic) bond motifs is 1. The van der Waals surface area contributed by atoms with Crippen LogP contribution in [-0.2, 0) is 18.6 Å². The summed E-state index contributed by atoms with van der Waals surface area (Å²) >= 11 is 1.78. The molecule has 0 fully saturated rings. The van der Waals surface area contributed by atoms with Crippen molar-refractivity contribution in [3.05, 3.63) is 17.1 Å². The van der Waals surface area contributed by atoms with Gasteiger partial charge < -0.3 is 5.32 Å². The minimum atomic E-state index is 0.905. The zero-order chi connectivity index (χ0) is 11.4. The molecule has 1 aliphatic carbocycles. The minimum Gasteiger partial charge on any atom is -0.373 e.